The zero-order valence-electron chi connectivity index (χ0n) is 23.2. The maximum absolute atomic E-state index is 9.77. The van der Waals surface area contributed by atoms with Crippen LogP contribution >= 0.6 is 44.5 Å². The van der Waals surface area contributed by atoms with E-state index in [1.807, 2.05) is 53.1 Å². The van der Waals surface area contributed by atoms with Gasteiger partial charge in [0.1, 0.15) is 9.65 Å². The standard InChI is InChI=1S/C22H23ClN6O.C9H5S3.Co/c1-2-3-8-20-24-21(23)19(14-30)29(20)13-15-9-11-16(12-10-15)17-6-4-5-7-18(17)22-25-27-28-26-22;10-9-8(6-11-12-9)7-4-2-1-3-5-7;/h4-7,9-12,30H,2-3,8,13-14H2,1H3,(H,25,26,27,28);2-6H;/q;-1;. The summed E-state index contributed by atoms with van der Waals surface area (Å²) in [5.74, 6) is 1.48. The van der Waals surface area contributed by atoms with Crippen LogP contribution in [0.25, 0.3) is 33.6 Å². The molecule has 43 heavy (non-hydrogen) atoms. The molecule has 3 heterocycles. The molecule has 223 valence electrons. The Labute approximate surface area is 278 Å². The molecule has 3 aromatic carbocycles. The molecule has 7 nitrogen and oxygen atoms in total. The fraction of sp³-hybridized carbons (Fsp3) is 0.194. The first-order valence-corrected chi connectivity index (χ1v) is 16.4. The molecular formula is C31H28ClCoN6OS3-. The third-order valence-corrected chi connectivity index (χ3v) is 9.63. The number of hydrogen-bond acceptors (Lipinski definition) is 8. The van der Waals surface area contributed by atoms with Crippen molar-refractivity contribution in [3.8, 4) is 33.6 Å². The number of hydrogen-bond donors (Lipinski definition) is 2. The average molecular weight is 691 g/mol. The number of aliphatic hydroxyl groups is 1. The van der Waals surface area contributed by atoms with Gasteiger partial charge in [-0.3, -0.25) is 0 Å². The van der Waals surface area contributed by atoms with Crippen LogP contribution in [0.3, 0.4) is 0 Å². The summed E-state index contributed by atoms with van der Waals surface area (Å²) in [4.78, 5) is 4.47. The molecule has 3 aromatic heterocycles. The van der Waals surface area contributed by atoms with Gasteiger partial charge >= 0.3 is 0 Å². The molecule has 0 saturated carbocycles. The maximum atomic E-state index is 9.77. The number of unbranched alkanes of at least 4 members (excludes halogenated alkanes) is 1. The van der Waals surface area contributed by atoms with Crippen molar-refractivity contribution in [2.75, 3.05) is 0 Å². The van der Waals surface area contributed by atoms with Gasteiger partial charge in [-0.1, -0.05) is 106 Å². The Morgan fingerprint density at radius 1 is 1.00 bits per heavy atom. The van der Waals surface area contributed by atoms with E-state index in [4.69, 9.17) is 23.8 Å². The summed E-state index contributed by atoms with van der Waals surface area (Å²) < 4.78 is 3.01. The van der Waals surface area contributed by atoms with E-state index in [-0.39, 0.29) is 23.4 Å². The number of aromatic nitrogens is 6. The van der Waals surface area contributed by atoms with Crippen LogP contribution in [0.15, 0.2) is 78.2 Å². The molecule has 0 spiro atoms. The van der Waals surface area contributed by atoms with E-state index in [0.29, 0.717) is 23.2 Å². The summed E-state index contributed by atoms with van der Waals surface area (Å²) in [6.07, 6.45) is 2.95. The molecular weight excluding hydrogens is 663 g/mol. The zero-order valence-corrected chi connectivity index (χ0v) is 27.4. The Kier molecular flexibility index (Phi) is 12.3. The number of tetrazole rings is 1. The van der Waals surface area contributed by atoms with Gasteiger partial charge in [0.25, 0.3) is 0 Å². The minimum atomic E-state index is -0.131. The Hall–Kier alpha value is -3.03. The van der Waals surface area contributed by atoms with Gasteiger partial charge in [0, 0.05) is 40.7 Å². The smallest absolute Gasteiger partial charge is 0.205 e. The third kappa shape index (κ3) is 8.12. The number of nitrogens with zero attached hydrogens (tertiary/aromatic N) is 5. The van der Waals surface area contributed by atoms with E-state index in [0.717, 1.165) is 51.2 Å². The molecule has 0 atom stereocenters. The minimum Gasteiger partial charge on any atom is -0.390 e. The number of aromatic amines is 1. The second-order valence-corrected chi connectivity index (χ2v) is 12.5. The fourth-order valence-electron chi connectivity index (χ4n) is 4.51. The van der Waals surface area contributed by atoms with Gasteiger partial charge in [0.2, 0.25) is 5.82 Å². The molecule has 12 heteroatoms. The largest absolute Gasteiger partial charge is 0.390 e. The molecule has 2 N–H and O–H groups in total. The summed E-state index contributed by atoms with van der Waals surface area (Å²) in [6, 6.07) is 27.2. The van der Waals surface area contributed by atoms with Crippen molar-refractivity contribution < 1.29 is 21.9 Å². The molecule has 0 saturated heterocycles. The second kappa shape index (κ2) is 16.2. The first-order chi connectivity index (χ1) is 20.6. The van der Waals surface area contributed by atoms with E-state index in [1.165, 1.54) is 11.1 Å². The van der Waals surface area contributed by atoms with Crippen LogP contribution in [-0.2, 0) is 36.4 Å². The quantitative estimate of drug-likeness (QED) is 0.0902. The first-order valence-electron chi connectivity index (χ1n) is 13.4. The number of benzene rings is 3. The molecule has 0 fully saturated rings. The fourth-order valence-corrected chi connectivity index (χ4v) is 7.16. The van der Waals surface area contributed by atoms with Crippen molar-refractivity contribution in [1.29, 1.82) is 0 Å². The van der Waals surface area contributed by atoms with E-state index < -0.39 is 0 Å². The van der Waals surface area contributed by atoms with Crippen LogP contribution in [0.2, 0.25) is 5.15 Å². The molecule has 6 rings (SSSR count). The number of H-pyrrole nitrogens is 1. The third-order valence-electron chi connectivity index (χ3n) is 6.66. The van der Waals surface area contributed by atoms with Gasteiger partial charge in [-0.25, -0.2) is 4.98 Å². The normalized spacial score (nSPS) is 10.6. The Morgan fingerprint density at radius 2 is 1.72 bits per heavy atom. The number of aliphatic hydroxyl groups excluding tert-OH is 1. The molecule has 0 unspecified atom stereocenters. The van der Waals surface area contributed by atoms with Crippen LogP contribution < -0.4 is 0 Å². The molecule has 1 radical (unpaired) electrons. The average Bonchev–Trinajstić information content (AvgIpc) is 3.78. The first kappa shape index (κ1) is 32.9. The molecule has 0 amide bonds. The topological polar surface area (TPSA) is 92.5 Å². The van der Waals surface area contributed by atoms with Crippen LogP contribution in [-0.4, -0.2) is 35.3 Å². The van der Waals surface area contributed by atoms with E-state index in [9.17, 15) is 5.11 Å². The van der Waals surface area contributed by atoms with Crippen LogP contribution in [0.4, 0.5) is 0 Å². The van der Waals surface area contributed by atoms with E-state index >= 15 is 0 Å². The number of nitrogens with one attached hydrogen (secondary N) is 1. The number of imidazole rings is 1. The minimum absolute atomic E-state index is 0. The zero-order chi connectivity index (χ0) is 29.3. The summed E-state index contributed by atoms with van der Waals surface area (Å²) in [7, 11) is 3.33. The summed E-state index contributed by atoms with van der Waals surface area (Å²) in [6.45, 7) is 2.63. The van der Waals surface area contributed by atoms with Gasteiger partial charge < -0.3 is 9.67 Å². The van der Waals surface area contributed by atoms with Crippen LogP contribution in [0.5, 0.6) is 0 Å². The summed E-state index contributed by atoms with van der Waals surface area (Å²) in [5.41, 5.74) is 7.16. The van der Waals surface area contributed by atoms with Gasteiger partial charge in [-0.2, -0.15) is 35.5 Å². The van der Waals surface area contributed by atoms with E-state index in [1.54, 1.807) is 20.7 Å². The van der Waals surface area contributed by atoms with Crippen molar-refractivity contribution in [1.82, 2.24) is 30.2 Å². The molecule has 0 aliphatic carbocycles. The van der Waals surface area contributed by atoms with Crippen molar-refractivity contribution in [3.05, 3.63) is 110 Å². The predicted octanol–water partition coefficient (Wildman–Crippen LogP) is 8.27. The number of halogens is 1. The summed E-state index contributed by atoms with van der Waals surface area (Å²) >= 11 is 11.4. The Morgan fingerprint density at radius 3 is 2.35 bits per heavy atom. The van der Waals surface area contributed by atoms with Crippen molar-refractivity contribution >= 4 is 44.5 Å². The van der Waals surface area contributed by atoms with Gasteiger partial charge in [-0.05, 0) is 33.9 Å². The van der Waals surface area contributed by atoms with Crippen molar-refractivity contribution in [2.45, 2.75) is 39.3 Å². The SMILES string of the molecule is CCCCc1nc(Cl)c(CO)n1Cc1ccc(-c2ccccc2-c2nn[nH]n2)cc1.S=c1sscc1-c1cc[c-]cc1.[Co]. The molecule has 0 aliphatic rings. The van der Waals surface area contributed by atoms with Crippen LogP contribution in [0.1, 0.15) is 36.8 Å². The Bertz CT molecular complexity index is 1770. The van der Waals surface area contributed by atoms with Gasteiger partial charge in [-0.15, -0.1) is 15.8 Å². The molecule has 0 bridgehead atoms. The summed E-state index contributed by atoms with van der Waals surface area (Å²) in [5, 5.41) is 26.6. The molecule has 0 aliphatic heterocycles. The maximum Gasteiger partial charge on any atom is 0.205 e. The number of rotatable bonds is 9. The van der Waals surface area contributed by atoms with Gasteiger partial charge in [0.05, 0.1) is 12.3 Å². The van der Waals surface area contributed by atoms with Gasteiger partial charge in [0.15, 0.2) is 5.15 Å². The van der Waals surface area contributed by atoms with Crippen molar-refractivity contribution in [2.24, 2.45) is 0 Å². The monoisotopic (exact) mass is 690 g/mol. The molecule has 6 aromatic rings. The second-order valence-electron chi connectivity index (χ2n) is 9.38. The Balaban J connectivity index is 0.000000272. The van der Waals surface area contributed by atoms with Crippen molar-refractivity contribution in [3.63, 3.8) is 0 Å². The van der Waals surface area contributed by atoms with E-state index in [2.05, 4.69) is 68.2 Å². The number of aryl methyl sites for hydroxylation is 1. The predicted molar refractivity (Wildman–Crippen MR) is 173 cm³/mol. The van der Waals surface area contributed by atoms with Crippen LogP contribution in [0, 0.1) is 9.89 Å².